The summed E-state index contributed by atoms with van der Waals surface area (Å²) in [7, 11) is 3.36. The first-order valence-electron chi connectivity index (χ1n) is 1.97. The predicted octanol–water partition coefficient (Wildman–Crippen LogP) is 3.61. The van der Waals surface area contributed by atoms with Crippen LogP contribution < -0.4 is 0 Å². The number of hydrogen-bond donors (Lipinski definition) is 0. The Labute approximate surface area is 68.7 Å². The summed E-state index contributed by atoms with van der Waals surface area (Å²) in [6, 6.07) is 0. The molecule has 8 heavy (non-hydrogen) atoms. The molecular formula is C4H3BrS3. The highest BCUT2D eigenvalue weighted by Gasteiger charge is 1.96. The average Bonchev–Trinajstić information content (AvgIpc) is 1.98. The molecule has 0 spiro atoms. The van der Waals surface area contributed by atoms with Crippen molar-refractivity contribution in [2.75, 3.05) is 0 Å². The van der Waals surface area contributed by atoms with E-state index in [1.807, 2.05) is 0 Å². The third-order valence-corrected chi connectivity index (χ3v) is 5.67. The molecule has 44 valence electrons. The minimum atomic E-state index is 0.965. The van der Waals surface area contributed by atoms with E-state index in [1.165, 1.54) is 4.88 Å². The molecule has 0 nitrogen and oxygen atoms in total. The van der Waals surface area contributed by atoms with Crippen LogP contribution in [0.4, 0.5) is 0 Å². The standard InChI is InChI=1S/C4H3BrS3/c1-2-3(5)4(6)8-7-2/h1H3. The Hall–Kier alpha value is 0.750. The maximum absolute atomic E-state index is 4.96. The van der Waals surface area contributed by atoms with E-state index >= 15 is 0 Å². The molecule has 0 saturated carbocycles. The largest absolute Gasteiger partial charge is 0.116 e. The normalized spacial score (nSPS) is 9.75. The molecule has 0 aliphatic carbocycles. The number of halogens is 1. The quantitative estimate of drug-likeness (QED) is 0.482. The Kier molecular flexibility index (Phi) is 2.19. The summed E-state index contributed by atoms with van der Waals surface area (Å²) in [5.74, 6) is 0. The minimum Gasteiger partial charge on any atom is -0.0827 e. The molecule has 0 saturated heterocycles. The highest BCUT2D eigenvalue weighted by atomic mass is 79.9. The fourth-order valence-electron chi connectivity index (χ4n) is 0.317. The fraction of sp³-hybridized carbons (Fsp3) is 0.250. The fourth-order valence-corrected chi connectivity index (χ4v) is 3.74. The average molecular weight is 227 g/mol. The summed E-state index contributed by atoms with van der Waals surface area (Å²) in [6.45, 7) is 2.06. The molecule has 0 aromatic carbocycles. The molecule has 0 amide bonds. The van der Waals surface area contributed by atoms with Gasteiger partial charge in [0.1, 0.15) is 3.82 Å². The summed E-state index contributed by atoms with van der Waals surface area (Å²) in [5.41, 5.74) is 0. The highest BCUT2D eigenvalue weighted by molar-refractivity contribution is 9.10. The molecule has 1 heterocycles. The van der Waals surface area contributed by atoms with E-state index in [9.17, 15) is 0 Å². The van der Waals surface area contributed by atoms with Crippen LogP contribution >= 0.6 is 48.8 Å². The molecule has 1 rings (SSSR count). The monoisotopic (exact) mass is 226 g/mol. The van der Waals surface area contributed by atoms with Crippen LogP contribution in [-0.2, 0) is 0 Å². The lowest BCUT2D eigenvalue weighted by molar-refractivity contribution is 1.59. The summed E-state index contributed by atoms with van der Waals surface area (Å²) in [5, 5.41) is 0. The Morgan fingerprint density at radius 1 is 1.50 bits per heavy atom. The molecule has 0 radical (unpaired) electrons. The van der Waals surface area contributed by atoms with Crippen LogP contribution in [0.1, 0.15) is 4.88 Å². The van der Waals surface area contributed by atoms with Gasteiger partial charge >= 0.3 is 0 Å². The molecule has 0 bridgehead atoms. The van der Waals surface area contributed by atoms with Crippen molar-refractivity contribution in [3.05, 3.63) is 13.2 Å². The lowest BCUT2D eigenvalue weighted by Crippen LogP contribution is -1.56. The van der Waals surface area contributed by atoms with Crippen molar-refractivity contribution in [2.24, 2.45) is 0 Å². The van der Waals surface area contributed by atoms with Gasteiger partial charge in [0.05, 0.1) is 4.47 Å². The second-order valence-electron chi connectivity index (χ2n) is 1.32. The van der Waals surface area contributed by atoms with Crippen molar-refractivity contribution in [3.8, 4) is 0 Å². The van der Waals surface area contributed by atoms with Crippen molar-refractivity contribution < 1.29 is 0 Å². The van der Waals surface area contributed by atoms with E-state index in [2.05, 4.69) is 22.9 Å². The van der Waals surface area contributed by atoms with Gasteiger partial charge in [-0.25, -0.2) is 0 Å². The zero-order valence-corrected chi connectivity index (χ0v) is 8.14. The van der Waals surface area contributed by atoms with Crippen LogP contribution in [0.25, 0.3) is 0 Å². The molecule has 0 atom stereocenters. The molecule has 0 fully saturated rings. The van der Waals surface area contributed by atoms with Crippen LogP contribution in [0.5, 0.6) is 0 Å². The number of rotatable bonds is 0. The summed E-state index contributed by atoms with van der Waals surface area (Å²) >= 11 is 8.32. The minimum absolute atomic E-state index is 0.965. The third-order valence-electron chi connectivity index (χ3n) is 0.731. The highest BCUT2D eigenvalue weighted by Crippen LogP contribution is 2.28. The molecule has 0 aliphatic rings. The first-order valence-corrected chi connectivity index (χ1v) is 5.32. The van der Waals surface area contributed by atoms with Gasteiger partial charge in [-0.1, -0.05) is 32.9 Å². The van der Waals surface area contributed by atoms with Gasteiger partial charge in [-0.2, -0.15) is 0 Å². The van der Waals surface area contributed by atoms with Crippen molar-refractivity contribution in [1.29, 1.82) is 0 Å². The van der Waals surface area contributed by atoms with Gasteiger partial charge < -0.3 is 0 Å². The maximum atomic E-state index is 4.96. The van der Waals surface area contributed by atoms with E-state index in [0.29, 0.717) is 0 Å². The van der Waals surface area contributed by atoms with Crippen molar-refractivity contribution in [2.45, 2.75) is 6.92 Å². The third kappa shape index (κ3) is 1.18. The van der Waals surface area contributed by atoms with Crippen molar-refractivity contribution in [3.63, 3.8) is 0 Å². The van der Waals surface area contributed by atoms with Gasteiger partial charge in [0.15, 0.2) is 0 Å². The van der Waals surface area contributed by atoms with Gasteiger partial charge in [0, 0.05) is 4.88 Å². The Bertz CT molecular complexity index is 234. The van der Waals surface area contributed by atoms with Gasteiger partial charge in [-0.3, -0.25) is 0 Å². The Morgan fingerprint density at radius 2 is 2.12 bits per heavy atom. The van der Waals surface area contributed by atoms with Crippen molar-refractivity contribution >= 4 is 48.8 Å². The van der Waals surface area contributed by atoms with Crippen LogP contribution in [0.3, 0.4) is 0 Å². The van der Waals surface area contributed by atoms with E-state index in [0.717, 1.165) is 8.30 Å². The van der Waals surface area contributed by atoms with Gasteiger partial charge in [0.25, 0.3) is 0 Å². The molecule has 0 aliphatic heterocycles. The Balaban J connectivity index is 3.41. The molecule has 1 aromatic rings. The molecule has 4 heteroatoms. The first-order chi connectivity index (χ1) is 3.72. The molecule has 0 N–H and O–H groups in total. The molecule has 0 unspecified atom stereocenters. The van der Waals surface area contributed by atoms with Gasteiger partial charge in [-0.05, 0) is 22.9 Å². The van der Waals surface area contributed by atoms with E-state index < -0.39 is 0 Å². The van der Waals surface area contributed by atoms with Crippen LogP contribution in [0.2, 0.25) is 0 Å². The number of hydrogen-bond acceptors (Lipinski definition) is 3. The van der Waals surface area contributed by atoms with Gasteiger partial charge in [-0.15, -0.1) is 0 Å². The lowest BCUT2D eigenvalue weighted by Gasteiger charge is -1.76. The van der Waals surface area contributed by atoms with E-state index in [4.69, 9.17) is 12.2 Å². The van der Waals surface area contributed by atoms with Crippen LogP contribution in [0, 0.1) is 10.7 Å². The zero-order valence-electron chi connectivity index (χ0n) is 4.10. The lowest BCUT2D eigenvalue weighted by atomic mass is 10.6. The maximum Gasteiger partial charge on any atom is 0.116 e. The molecular weight excluding hydrogens is 224 g/mol. The predicted molar refractivity (Wildman–Crippen MR) is 45.5 cm³/mol. The van der Waals surface area contributed by atoms with Crippen LogP contribution in [0.15, 0.2) is 4.47 Å². The topological polar surface area (TPSA) is 0 Å². The summed E-state index contributed by atoms with van der Waals surface area (Å²) in [4.78, 5) is 1.28. The summed E-state index contributed by atoms with van der Waals surface area (Å²) in [6.07, 6.45) is 0. The second-order valence-corrected chi connectivity index (χ2v) is 5.14. The molecule has 1 aromatic heterocycles. The van der Waals surface area contributed by atoms with E-state index in [-0.39, 0.29) is 0 Å². The van der Waals surface area contributed by atoms with E-state index in [1.54, 1.807) is 20.7 Å². The van der Waals surface area contributed by atoms with Crippen molar-refractivity contribution in [1.82, 2.24) is 0 Å². The smallest absolute Gasteiger partial charge is 0.0827 e. The Morgan fingerprint density at radius 3 is 2.25 bits per heavy atom. The SMILES string of the molecule is Cc1ssc(=S)c1Br. The van der Waals surface area contributed by atoms with Gasteiger partial charge in [0.2, 0.25) is 0 Å². The van der Waals surface area contributed by atoms with Crippen LogP contribution in [-0.4, -0.2) is 0 Å². The number of aryl methyl sites for hydroxylation is 1. The zero-order chi connectivity index (χ0) is 6.15. The summed E-state index contributed by atoms with van der Waals surface area (Å²) < 4.78 is 2.06. The second kappa shape index (κ2) is 2.56. The first kappa shape index (κ1) is 6.86.